The van der Waals surface area contributed by atoms with Crippen molar-refractivity contribution in [2.24, 2.45) is 0 Å². The minimum absolute atomic E-state index is 0.330. The Morgan fingerprint density at radius 3 is 2.57 bits per heavy atom. The zero-order chi connectivity index (χ0) is 15.1. The molecule has 0 unspecified atom stereocenters. The molecule has 5 nitrogen and oxygen atoms in total. The van der Waals surface area contributed by atoms with Crippen LogP contribution in [-0.4, -0.2) is 24.2 Å². The van der Waals surface area contributed by atoms with Crippen LogP contribution in [0.5, 0.6) is 5.75 Å². The second-order valence-electron chi connectivity index (χ2n) is 4.20. The molecule has 0 radical (unpaired) electrons. The number of nitrogens with zero attached hydrogens (tertiary/aromatic N) is 1. The number of ether oxygens (including phenoxy) is 2. The number of pyridine rings is 1. The molecule has 1 N–H and O–H groups in total. The molecule has 0 aliphatic rings. The fourth-order valence-corrected chi connectivity index (χ4v) is 1.82. The number of benzene rings is 1. The monoisotopic (exact) mass is 286 g/mol. The average Bonchev–Trinajstić information content (AvgIpc) is 2.50. The third-order valence-electron chi connectivity index (χ3n) is 2.73. The quantitative estimate of drug-likeness (QED) is 0.825. The molecule has 0 amide bonds. The van der Waals surface area contributed by atoms with Crippen molar-refractivity contribution >= 4 is 17.5 Å². The van der Waals surface area contributed by atoms with Gasteiger partial charge in [0.25, 0.3) is 0 Å². The van der Waals surface area contributed by atoms with E-state index in [-0.39, 0.29) is 5.97 Å². The molecule has 0 spiro atoms. The predicted octanol–water partition coefficient (Wildman–Crippen LogP) is 3.40. The van der Waals surface area contributed by atoms with Gasteiger partial charge in [0.2, 0.25) is 0 Å². The van der Waals surface area contributed by atoms with E-state index >= 15 is 0 Å². The Morgan fingerprint density at radius 2 is 1.90 bits per heavy atom. The van der Waals surface area contributed by atoms with E-state index in [1.165, 1.54) is 0 Å². The molecule has 1 heterocycles. The zero-order valence-electron chi connectivity index (χ0n) is 12.1. The van der Waals surface area contributed by atoms with Crippen LogP contribution in [0, 0.1) is 0 Å². The molecule has 0 atom stereocenters. The van der Waals surface area contributed by atoms with Gasteiger partial charge in [0.1, 0.15) is 17.1 Å². The summed E-state index contributed by atoms with van der Waals surface area (Å²) < 4.78 is 10.4. The zero-order valence-corrected chi connectivity index (χ0v) is 12.1. The highest BCUT2D eigenvalue weighted by atomic mass is 16.5. The highest BCUT2D eigenvalue weighted by Crippen LogP contribution is 2.21. The van der Waals surface area contributed by atoms with Crippen LogP contribution in [-0.2, 0) is 4.74 Å². The summed E-state index contributed by atoms with van der Waals surface area (Å²) in [5.41, 5.74) is 1.23. The number of carbonyl (C=O) groups excluding carboxylic acids is 1. The molecule has 0 fully saturated rings. The van der Waals surface area contributed by atoms with E-state index in [0.29, 0.717) is 24.6 Å². The average molecular weight is 286 g/mol. The maximum Gasteiger partial charge on any atom is 0.341 e. The van der Waals surface area contributed by atoms with Crippen molar-refractivity contribution < 1.29 is 14.3 Å². The van der Waals surface area contributed by atoms with E-state index in [0.717, 1.165) is 11.4 Å². The smallest absolute Gasteiger partial charge is 0.341 e. The van der Waals surface area contributed by atoms with E-state index in [9.17, 15) is 4.79 Å². The number of hydrogen-bond acceptors (Lipinski definition) is 5. The molecule has 21 heavy (non-hydrogen) atoms. The highest BCUT2D eigenvalue weighted by molar-refractivity contribution is 5.95. The highest BCUT2D eigenvalue weighted by Gasteiger charge is 2.13. The Bertz CT molecular complexity index is 597. The van der Waals surface area contributed by atoms with E-state index < -0.39 is 0 Å². The minimum Gasteiger partial charge on any atom is -0.494 e. The summed E-state index contributed by atoms with van der Waals surface area (Å²) in [6, 6.07) is 10.8. The van der Waals surface area contributed by atoms with Crippen molar-refractivity contribution in [3.63, 3.8) is 0 Å². The molecule has 1 aromatic heterocycles. The van der Waals surface area contributed by atoms with Crippen molar-refractivity contribution in [1.82, 2.24) is 4.98 Å². The Labute approximate surface area is 123 Å². The minimum atomic E-state index is -0.390. The third kappa shape index (κ3) is 3.95. The summed E-state index contributed by atoms with van der Waals surface area (Å²) in [5, 5.41) is 3.11. The number of anilines is 2. The van der Waals surface area contributed by atoms with Crippen LogP contribution in [0.4, 0.5) is 11.5 Å². The molecular weight excluding hydrogens is 268 g/mol. The van der Waals surface area contributed by atoms with Crippen LogP contribution in [0.1, 0.15) is 24.2 Å². The van der Waals surface area contributed by atoms with Crippen molar-refractivity contribution in [3.8, 4) is 5.75 Å². The van der Waals surface area contributed by atoms with Crippen LogP contribution < -0.4 is 10.1 Å². The van der Waals surface area contributed by atoms with Crippen molar-refractivity contribution in [2.45, 2.75) is 13.8 Å². The summed E-state index contributed by atoms with van der Waals surface area (Å²) in [7, 11) is 0. The van der Waals surface area contributed by atoms with Crippen LogP contribution in [0.2, 0.25) is 0 Å². The molecule has 0 aliphatic carbocycles. The second kappa shape index (κ2) is 7.28. The number of rotatable bonds is 6. The maximum atomic E-state index is 11.9. The van der Waals surface area contributed by atoms with Crippen LogP contribution in [0.15, 0.2) is 42.6 Å². The first-order valence-electron chi connectivity index (χ1n) is 6.86. The van der Waals surface area contributed by atoms with Gasteiger partial charge in [0.15, 0.2) is 0 Å². The number of hydrogen-bond donors (Lipinski definition) is 1. The molecule has 0 bridgehead atoms. The van der Waals surface area contributed by atoms with Gasteiger partial charge in [-0.1, -0.05) is 0 Å². The SMILES string of the molecule is CCOC(=O)c1cccnc1Nc1ccc(OCC)cc1. The summed E-state index contributed by atoms with van der Waals surface area (Å²) >= 11 is 0. The normalized spacial score (nSPS) is 10.0. The largest absolute Gasteiger partial charge is 0.494 e. The first-order chi connectivity index (χ1) is 10.2. The van der Waals surface area contributed by atoms with Gasteiger partial charge in [-0.05, 0) is 50.2 Å². The van der Waals surface area contributed by atoms with Gasteiger partial charge < -0.3 is 14.8 Å². The standard InChI is InChI=1S/C16H18N2O3/c1-3-20-13-9-7-12(8-10-13)18-15-14(6-5-11-17-15)16(19)21-4-2/h5-11H,3-4H2,1-2H3,(H,17,18). The van der Waals surface area contributed by atoms with E-state index in [1.54, 1.807) is 25.3 Å². The number of aromatic nitrogens is 1. The lowest BCUT2D eigenvalue weighted by Gasteiger charge is -2.10. The van der Waals surface area contributed by atoms with Crippen LogP contribution in [0.25, 0.3) is 0 Å². The number of carbonyl (C=O) groups is 1. The number of nitrogens with one attached hydrogen (secondary N) is 1. The molecule has 0 aliphatic heterocycles. The maximum absolute atomic E-state index is 11.9. The van der Waals surface area contributed by atoms with Crippen molar-refractivity contribution in [1.29, 1.82) is 0 Å². The van der Waals surface area contributed by atoms with Gasteiger partial charge in [0, 0.05) is 11.9 Å². The Morgan fingerprint density at radius 1 is 1.14 bits per heavy atom. The van der Waals surface area contributed by atoms with E-state index in [2.05, 4.69) is 10.3 Å². The topological polar surface area (TPSA) is 60.5 Å². The summed E-state index contributed by atoms with van der Waals surface area (Å²) in [6.07, 6.45) is 1.62. The predicted molar refractivity (Wildman–Crippen MR) is 81.1 cm³/mol. The second-order valence-corrected chi connectivity index (χ2v) is 4.20. The lowest BCUT2D eigenvalue weighted by atomic mass is 10.2. The summed E-state index contributed by atoms with van der Waals surface area (Å²) in [6.45, 7) is 4.66. The Balaban J connectivity index is 2.17. The van der Waals surface area contributed by atoms with E-state index in [1.807, 2.05) is 31.2 Å². The summed E-state index contributed by atoms with van der Waals surface area (Å²) in [5.74, 6) is 0.883. The fraction of sp³-hybridized carbons (Fsp3) is 0.250. The number of esters is 1. The van der Waals surface area contributed by atoms with Crippen molar-refractivity contribution in [3.05, 3.63) is 48.2 Å². The van der Waals surface area contributed by atoms with Crippen molar-refractivity contribution in [2.75, 3.05) is 18.5 Å². The van der Waals surface area contributed by atoms with Gasteiger partial charge in [-0.3, -0.25) is 0 Å². The molecule has 2 aromatic rings. The fourth-order valence-electron chi connectivity index (χ4n) is 1.82. The van der Waals surface area contributed by atoms with Crippen LogP contribution in [0.3, 0.4) is 0 Å². The molecule has 0 saturated heterocycles. The molecule has 0 saturated carbocycles. The Hall–Kier alpha value is -2.56. The van der Waals surface area contributed by atoms with E-state index in [4.69, 9.17) is 9.47 Å². The molecule has 110 valence electrons. The molecule has 1 aromatic carbocycles. The lowest BCUT2D eigenvalue weighted by Crippen LogP contribution is -2.09. The lowest BCUT2D eigenvalue weighted by molar-refractivity contribution is 0.0527. The third-order valence-corrected chi connectivity index (χ3v) is 2.73. The first kappa shape index (κ1) is 14.8. The molecule has 5 heteroatoms. The van der Waals surface area contributed by atoms with Gasteiger partial charge in [-0.2, -0.15) is 0 Å². The van der Waals surface area contributed by atoms with Crippen LogP contribution >= 0.6 is 0 Å². The Kier molecular flexibility index (Phi) is 5.15. The molecular formula is C16H18N2O3. The first-order valence-corrected chi connectivity index (χ1v) is 6.86. The van der Waals surface area contributed by atoms with Gasteiger partial charge in [-0.15, -0.1) is 0 Å². The summed E-state index contributed by atoms with van der Waals surface area (Å²) in [4.78, 5) is 16.1. The van der Waals surface area contributed by atoms with Gasteiger partial charge in [-0.25, -0.2) is 9.78 Å². The molecule has 2 rings (SSSR count). The van der Waals surface area contributed by atoms with Gasteiger partial charge in [0.05, 0.1) is 13.2 Å². The van der Waals surface area contributed by atoms with Gasteiger partial charge >= 0.3 is 5.97 Å².